The summed E-state index contributed by atoms with van der Waals surface area (Å²) in [5.41, 5.74) is 0. The fourth-order valence-corrected chi connectivity index (χ4v) is 2.07. The van der Waals surface area contributed by atoms with Gasteiger partial charge in [0.2, 0.25) is 5.91 Å². The molecule has 0 heterocycles. The summed E-state index contributed by atoms with van der Waals surface area (Å²) in [6.07, 6.45) is 11.4. The monoisotopic (exact) mass is 310 g/mol. The smallest absolute Gasteiger partial charge is 0.323 e. The van der Waals surface area contributed by atoms with Gasteiger partial charge in [0.1, 0.15) is 6.54 Å². The minimum absolute atomic E-state index is 0. The Bertz CT molecular complexity index is 260. The van der Waals surface area contributed by atoms with E-state index in [2.05, 4.69) is 6.92 Å². The Morgan fingerprint density at radius 1 is 0.900 bits per heavy atom. The summed E-state index contributed by atoms with van der Waals surface area (Å²) in [5, 5.41) is 8.57. The van der Waals surface area contributed by atoms with Gasteiger partial charge in [-0.05, 0) is 6.42 Å². The number of aliphatic carboxylic acids is 1. The molecule has 5 heteroatoms. The van der Waals surface area contributed by atoms with Crippen molar-refractivity contribution in [3.05, 3.63) is 0 Å². The van der Waals surface area contributed by atoms with Crippen LogP contribution in [0, 0.1) is 0 Å². The number of carbonyl (C=O) groups excluding carboxylic acids is 1. The topological polar surface area (TPSA) is 57.6 Å². The molecule has 0 atom stereocenters. The van der Waals surface area contributed by atoms with Crippen molar-refractivity contribution < 1.29 is 14.7 Å². The van der Waals surface area contributed by atoms with Gasteiger partial charge in [0.25, 0.3) is 0 Å². The molecule has 1 amide bonds. The van der Waals surface area contributed by atoms with Gasteiger partial charge < -0.3 is 10.0 Å². The van der Waals surface area contributed by atoms with Crippen molar-refractivity contribution >= 4 is 63.3 Å². The molecule has 0 aliphatic rings. The van der Waals surface area contributed by atoms with Crippen LogP contribution < -0.4 is 0 Å². The first kappa shape index (κ1) is 22.9. The predicted molar refractivity (Wildman–Crippen MR) is 82.9 cm³/mol. The molecular weight excluding hydrogens is 281 g/mol. The molecule has 0 fully saturated rings. The third-order valence-electron chi connectivity index (χ3n) is 3.29. The maximum absolute atomic E-state index is 11.5. The van der Waals surface area contributed by atoms with Gasteiger partial charge in [0.15, 0.2) is 0 Å². The second-order valence-corrected chi connectivity index (χ2v) is 5.22. The standard InChI is InChI=1S/C15H29NO3.K/c1-3-4-5-6-7-8-9-10-11-12-14(17)16(2)13-15(18)19;/h3-13H2,1-2H3,(H,18,19);. The van der Waals surface area contributed by atoms with Gasteiger partial charge in [-0.25, -0.2) is 0 Å². The summed E-state index contributed by atoms with van der Waals surface area (Å²) >= 11 is 0. The number of carboxylic acids is 1. The number of hydrogen-bond donors (Lipinski definition) is 1. The van der Waals surface area contributed by atoms with Crippen molar-refractivity contribution in [3.63, 3.8) is 0 Å². The van der Waals surface area contributed by atoms with E-state index in [0.29, 0.717) is 6.42 Å². The number of carboxylic acid groups (broad SMARTS) is 1. The Kier molecular flexibility index (Phi) is 18.2. The Morgan fingerprint density at radius 2 is 1.35 bits per heavy atom. The summed E-state index contributed by atoms with van der Waals surface area (Å²) in [7, 11) is 1.55. The van der Waals surface area contributed by atoms with E-state index in [1.54, 1.807) is 7.05 Å². The van der Waals surface area contributed by atoms with Crippen molar-refractivity contribution in [2.24, 2.45) is 0 Å². The molecule has 0 saturated carbocycles. The SMILES string of the molecule is CCCCCCCCCCCC(=O)N(C)CC(=O)O.[K]. The predicted octanol–water partition coefficient (Wildman–Crippen LogP) is 3.07. The van der Waals surface area contributed by atoms with Crippen LogP contribution in [0.2, 0.25) is 0 Å². The first-order valence-electron chi connectivity index (χ1n) is 7.53. The van der Waals surface area contributed by atoms with E-state index in [1.165, 1.54) is 49.8 Å². The minimum Gasteiger partial charge on any atom is -0.480 e. The van der Waals surface area contributed by atoms with E-state index in [9.17, 15) is 9.59 Å². The molecule has 113 valence electrons. The fraction of sp³-hybridized carbons (Fsp3) is 0.867. The zero-order valence-electron chi connectivity index (χ0n) is 13.5. The Hall–Kier alpha value is 0.576. The van der Waals surface area contributed by atoms with Crippen LogP contribution in [0.4, 0.5) is 0 Å². The number of nitrogens with zero attached hydrogens (tertiary/aromatic N) is 1. The minimum atomic E-state index is -0.956. The zero-order valence-corrected chi connectivity index (χ0v) is 16.6. The molecule has 0 aromatic heterocycles. The largest absolute Gasteiger partial charge is 0.480 e. The molecule has 0 aliphatic carbocycles. The molecule has 0 bridgehead atoms. The van der Waals surface area contributed by atoms with Gasteiger partial charge >= 0.3 is 5.97 Å². The van der Waals surface area contributed by atoms with Gasteiger partial charge in [-0.2, -0.15) is 0 Å². The Balaban J connectivity index is 0. The normalized spacial score (nSPS) is 9.90. The van der Waals surface area contributed by atoms with E-state index >= 15 is 0 Å². The molecule has 1 radical (unpaired) electrons. The molecule has 0 aromatic rings. The third kappa shape index (κ3) is 15.0. The summed E-state index contributed by atoms with van der Waals surface area (Å²) in [6, 6.07) is 0. The average molecular weight is 310 g/mol. The van der Waals surface area contributed by atoms with E-state index in [0.717, 1.165) is 12.8 Å². The number of carbonyl (C=O) groups is 2. The molecule has 0 spiro atoms. The van der Waals surface area contributed by atoms with Crippen molar-refractivity contribution in [1.29, 1.82) is 0 Å². The Labute approximate surface area is 166 Å². The van der Waals surface area contributed by atoms with Crippen molar-refractivity contribution in [1.82, 2.24) is 4.90 Å². The second-order valence-electron chi connectivity index (χ2n) is 5.22. The van der Waals surface area contributed by atoms with Crippen molar-refractivity contribution in [2.45, 2.75) is 71.1 Å². The zero-order chi connectivity index (χ0) is 14.5. The molecule has 0 saturated heterocycles. The summed E-state index contributed by atoms with van der Waals surface area (Å²) in [6.45, 7) is 2.02. The maximum atomic E-state index is 11.5. The molecule has 0 aromatic carbocycles. The number of amides is 1. The fourth-order valence-electron chi connectivity index (χ4n) is 2.07. The molecule has 4 nitrogen and oxygen atoms in total. The van der Waals surface area contributed by atoms with Gasteiger partial charge in [-0.3, -0.25) is 9.59 Å². The summed E-state index contributed by atoms with van der Waals surface area (Å²) in [5.74, 6) is -1.02. The third-order valence-corrected chi connectivity index (χ3v) is 3.29. The van der Waals surface area contributed by atoms with Gasteiger partial charge in [0.05, 0.1) is 0 Å². The van der Waals surface area contributed by atoms with Crippen LogP contribution >= 0.6 is 0 Å². The quantitative estimate of drug-likeness (QED) is 0.445. The van der Waals surface area contributed by atoms with E-state index in [4.69, 9.17) is 5.11 Å². The van der Waals surface area contributed by atoms with Crippen LogP contribution in [0.15, 0.2) is 0 Å². The molecular formula is C15H29KNO3. The molecule has 0 rings (SSSR count). The van der Waals surface area contributed by atoms with Crippen LogP contribution in [0.25, 0.3) is 0 Å². The molecule has 1 N–H and O–H groups in total. The number of hydrogen-bond acceptors (Lipinski definition) is 2. The maximum Gasteiger partial charge on any atom is 0.323 e. The number of likely N-dealkylation sites (N-methyl/N-ethyl adjacent to an activating group) is 1. The summed E-state index contributed by atoms with van der Waals surface area (Å²) < 4.78 is 0. The second kappa shape index (κ2) is 16.0. The van der Waals surface area contributed by atoms with Crippen LogP contribution in [-0.2, 0) is 9.59 Å². The first-order chi connectivity index (χ1) is 9.07. The summed E-state index contributed by atoms with van der Waals surface area (Å²) in [4.78, 5) is 23.3. The Morgan fingerprint density at radius 3 is 1.80 bits per heavy atom. The van der Waals surface area contributed by atoms with E-state index in [1.807, 2.05) is 0 Å². The molecule has 20 heavy (non-hydrogen) atoms. The van der Waals surface area contributed by atoms with Crippen LogP contribution in [0.1, 0.15) is 71.1 Å². The molecule has 0 aliphatic heterocycles. The van der Waals surface area contributed by atoms with Crippen LogP contribution in [0.5, 0.6) is 0 Å². The first-order valence-corrected chi connectivity index (χ1v) is 7.53. The van der Waals surface area contributed by atoms with Crippen LogP contribution in [0.3, 0.4) is 0 Å². The number of rotatable bonds is 12. The average Bonchev–Trinajstić information content (AvgIpc) is 2.35. The van der Waals surface area contributed by atoms with Gasteiger partial charge in [0, 0.05) is 64.9 Å². The van der Waals surface area contributed by atoms with Crippen molar-refractivity contribution in [2.75, 3.05) is 13.6 Å². The number of unbranched alkanes of at least 4 members (excludes halogenated alkanes) is 8. The van der Waals surface area contributed by atoms with Gasteiger partial charge in [-0.1, -0.05) is 58.3 Å². The molecule has 0 unspecified atom stereocenters. The van der Waals surface area contributed by atoms with Crippen molar-refractivity contribution in [3.8, 4) is 0 Å². The van der Waals surface area contributed by atoms with E-state index in [-0.39, 0.29) is 63.8 Å². The van der Waals surface area contributed by atoms with E-state index < -0.39 is 5.97 Å². The van der Waals surface area contributed by atoms with Crippen LogP contribution in [-0.4, -0.2) is 86.9 Å². The van der Waals surface area contributed by atoms with Gasteiger partial charge in [-0.15, -0.1) is 0 Å².